The quantitative estimate of drug-likeness (QED) is 0.0805. The van der Waals surface area contributed by atoms with Gasteiger partial charge in [-0.15, -0.1) is 0 Å². The number of aliphatic hydroxyl groups excluding tert-OH is 9. The van der Waals surface area contributed by atoms with Crippen LogP contribution in [-0.2, 0) is 9.47 Å². The van der Waals surface area contributed by atoms with Crippen molar-refractivity contribution in [3.8, 4) is 0 Å². The van der Waals surface area contributed by atoms with Crippen LogP contribution in [0.5, 0.6) is 0 Å². The van der Waals surface area contributed by atoms with E-state index in [4.69, 9.17) is 9.47 Å². The number of hydrogen-bond donors (Lipinski definition) is 10. The first-order chi connectivity index (χ1) is 20.2. The lowest BCUT2D eigenvalue weighted by molar-refractivity contribution is -0.256. The number of unbranched alkanes of at least 4 members (excludes halogenated alkanes) is 11. The van der Waals surface area contributed by atoms with Gasteiger partial charge in [0.1, 0.15) is 30.6 Å². The van der Waals surface area contributed by atoms with Gasteiger partial charge in [-0.3, -0.25) is 5.32 Å². The maximum atomic E-state index is 10.9. The van der Waals surface area contributed by atoms with E-state index in [9.17, 15) is 46.0 Å². The highest BCUT2D eigenvalue weighted by molar-refractivity contribution is 4.99. The van der Waals surface area contributed by atoms with Gasteiger partial charge in [-0.25, -0.2) is 0 Å². The zero-order valence-electron chi connectivity index (χ0n) is 25.3. The molecule has 10 N–H and O–H groups in total. The average molecular weight is 610 g/mol. The van der Waals surface area contributed by atoms with Gasteiger partial charge in [-0.2, -0.15) is 0 Å². The first kappa shape index (κ1) is 37.7. The lowest BCUT2D eigenvalue weighted by atomic mass is 9.81. The van der Waals surface area contributed by atoms with Crippen molar-refractivity contribution in [1.82, 2.24) is 5.32 Å². The molecule has 2 aliphatic heterocycles. The van der Waals surface area contributed by atoms with Crippen molar-refractivity contribution in [3.63, 3.8) is 0 Å². The van der Waals surface area contributed by atoms with E-state index in [0.717, 1.165) is 25.7 Å². The number of rotatable bonds is 20. The minimum absolute atomic E-state index is 0.130. The maximum absolute atomic E-state index is 10.9. The Labute approximate surface area is 250 Å². The Bertz CT molecular complexity index is 690. The molecule has 0 saturated carbocycles. The summed E-state index contributed by atoms with van der Waals surface area (Å²) in [5.74, 6) is -1.13. The van der Waals surface area contributed by atoms with Crippen molar-refractivity contribution in [2.24, 2.45) is 5.92 Å². The molecule has 0 aromatic heterocycles. The lowest BCUT2D eigenvalue weighted by Gasteiger charge is -2.44. The normalized spacial score (nSPS) is 34.6. The van der Waals surface area contributed by atoms with Gasteiger partial charge in [0.2, 0.25) is 0 Å². The van der Waals surface area contributed by atoms with E-state index in [2.05, 4.69) is 12.2 Å². The van der Waals surface area contributed by atoms with Crippen LogP contribution in [0.3, 0.4) is 0 Å². The molecule has 2 saturated heterocycles. The van der Waals surface area contributed by atoms with Crippen LogP contribution in [0.1, 0.15) is 96.8 Å². The molecule has 0 aromatic carbocycles. The second-order valence-electron chi connectivity index (χ2n) is 12.3. The molecule has 2 fully saturated rings. The number of aliphatic hydroxyl groups is 9. The van der Waals surface area contributed by atoms with Crippen LogP contribution in [0.2, 0.25) is 0 Å². The molecule has 2 heterocycles. The molecule has 0 radical (unpaired) electrons. The van der Waals surface area contributed by atoms with Crippen LogP contribution in [0.25, 0.3) is 0 Å². The number of hydrogen-bond acceptors (Lipinski definition) is 12. The SMILES string of the molecule is CCCCCCCCCCCCCC[C@@H](O)[C@@H](O)[C@H](CO)NC1C[C@@H](O)C([C@H]2O[C@H](CO)[C@@H](O)[C@H](O)[C@H]2O)[C@H](O)CO1. The summed E-state index contributed by atoms with van der Waals surface area (Å²) in [5.41, 5.74) is 0. The molecule has 12 nitrogen and oxygen atoms in total. The average Bonchev–Trinajstić information content (AvgIpc) is 3.12. The Morgan fingerprint density at radius 3 is 1.86 bits per heavy atom. The van der Waals surface area contributed by atoms with E-state index in [0.29, 0.717) is 6.42 Å². The summed E-state index contributed by atoms with van der Waals surface area (Å²) in [5, 5.41) is 95.9. The van der Waals surface area contributed by atoms with Crippen molar-refractivity contribution in [2.75, 3.05) is 19.8 Å². The molecule has 12 heteroatoms. The van der Waals surface area contributed by atoms with Gasteiger partial charge < -0.3 is 55.4 Å². The zero-order valence-corrected chi connectivity index (χ0v) is 25.3. The van der Waals surface area contributed by atoms with Gasteiger partial charge in [0.15, 0.2) is 0 Å². The Morgan fingerprint density at radius 2 is 1.31 bits per heavy atom. The van der Waals surface area contributed by atoms with E-state index in [-0.39, 0.29) is 13.0 Å². The van der Waals surface area contributed by atoms with E-state index in [1.54, 1.807) is 0 Å². The molecular weight excluding hydrogens is 550 g/mol. The van der Waals surface area contributed by atoms with Gasteiger partial charge in [0.25, 0.3) is 0 Å². The Kier molecular flexibility index (Phi) is 18.4. The third kappa shape index (κ3) is 11.8. The van der Waals surface area contributed by atoms with Gasteiger partial charge >= 0.3 is 0 Å². The van der Waals surface area contributed by atoms with Gasteiger partial charge in [0, 0.05) is 12.3 Å². The fraction of sp³-hybridized carbons (Fsp3) is 1.00. The highest BCUT2D eigenvalue weighted by Crippen LogP contribution is 2.33. The summed E-state index contributed by atoms with van der Waals surface area (Å²) >= 11 is 0. The summed E-state index contributed by atoms with van der Waals surface area (Å²) in [4.78, 5) is 0. The highest BCUT2D eigenvalue weighted by Gasteiger charge is 2.51. The first-order valence-corrected chi connectivity index (χ1v) is 16.2. The van der Waals surface area contributed by atoms with Crippen LogP contribution in [0.4, 0.5) is 0 Å². The van der Waals surface area contributed by atoms with Crippen LogP contribution >= 0.6 is 0 Å². The molecule has 2 rings (SSSR count). The van der Waals surface area contributed by atoms with Crippen LogP contribution in [0, 0.1) is 5.92 Å². The minimum atomic E-state index is -1.65. The van der Waals surface area contributed by atoms with E-state index in [1.807, 2.05) is 0 Å². The molecule has 2 aliphatic rings. The Balaban J connectivity index is 1.75. The molecule has 0 aliphatic carbocycles. The topological polar surface area (TPSA) is 213 Å². The summed E-state index contributed by atoms with van der Waals surface area (Å²) < 4.78 is 11.2. The third-order valence-electron chi connectivity index (χ3n) is 8.88. The van der Waals surface area contributed by atoms with Crippen molar-refractivity contribution >= 4 is 0 Å². The van der Waals surface area contributed by atoms with Crippen molar-refractivity contribution in [2.45, 2.75) is 164 Å². The Morgan fingerprint density at radius 1 is 0.738 bits per heavy atom. The number of ether oxygens (including phenoxy) is 2. The predicted molar refractivity (Wildman–Crippen MR) is 155 cm³/mol. The monoisotopic (exact) mass is 609 g/mol. The zero-order chi connectivity index (χ0) is 31.1. The molecule has 42 heavy (non-hydrogen) atoms. The van der Waals surface area contributed by atoms with Crippen molar-refractivity contribution in [3.05, 3.63) is 0 Å². The second kappa shape index (κ2) is 20.5. The molecule has 2 unspecified atom stereocenters. The van der Waals surface area contributed by atoms with E-state index < -0.39 is 86.3 Å². The lowest BCUT2D eigenvalue weighted by Crippen LogP contribution is -2.63. The molecule has 0 spiro atoms. The predicted octanol–water partition coefficient (Wildman–Crippen LogP) is -0.323. The maximum Gasteiger partial charge on any atom is 0.111 e. The van der Waals surface area contributed by atoms with Crippen LogP contribution < -0.4 is 5.32 Å². The smallest absolute Gasteiger partial charge is 0.111 e. The van der Waals surface area contributed by atoms with Crippen LogP contribution in [0.15, 0.2) is 0 Å². The van der Waals surface area contributed by atoms with Gasteiger partial charge in [-0.05, 0) is 6.42 Å². The molecular formula is C30H59NO11. The summed E-state index contributed by atoms with van der Waals surface area (Å²) in [6, 6.07) is -0.963. The second-order valence-corrected chi connectivity index (χ2v) is 12.3. The standard InChI is InChI=1S/C30H59NO11/c1-2-3-4-5-6-7-8-9-10-11-12-13-14-20(34)26(37)19(16-32)31-24-15-21(35)25(22(36)18-41-24)30-29(40)28(39)27(38)23(17-33)42-30/h19-40H,2-18H2,1H3/t19-,20+,21+,22+,23+,24?,25?,26-,27+,28-,29+,30+/m0/s1. The van der Waals surface area contributed by atoms with Crippen molar-refractivity contribution < 1.29 is 55.4 Å². The largest absolute Gasteiger partial charge is 0.395 e. The molecule has 0 amide bonds. The van der Waals surface area contributed by atoms with Crippen LogP contribution in [-0.4, -0.2) is 133 Å². The Hall–Kier alpha value is -0.480. The fourth-order valence-corrected chi connectivity index (χ4v) is 6.16. The minimum Gasteiger partial charge on any atom is -0.395 e. The molecule has 0 aromatic rings. The molecule has 0 bridgehead atoms. The van der Waals surface area contributed by atoms with E-state index >= 15 is 0 Å². The third-order valence-corrected chi connectivity index (χ3v) is 8.88. The summed E-state index contributed by atoms with van der Waals surface area (Å²) in [7, 11) is 0. The highest BCUT2D eigenvalue weighted by atomic mass is 16.5. The number of nitrogens with one attached hydrogen (secondary N) is 1. The van der Waals surface area contributed by atoms with Gasteiger partial charge in [0.05, 0.1) is 56.4 Å². The first-order valence-electron chi connectivity index (χ1n) is 16.2. The molecule has 12 atom stereocenters. The van der Waals surface area contributed by atoms with Crippen molar-refractivity contribution in [1.29, 1.82) is 0 Å². The van der Waals surface area contributed by atoms with Gasteiger partial charge in [-0.1, -0.05) is 84.0 Å². The molecule has 250 valence electrons. The summed E-state index contributed by atoms with van der Waals surface area (Å²) in [6.07, 6.45) is 1.24. The van der Waals surface area contributed by atoms with E-state index in [1.165, 1.54) is 51.4 Å². The summed E-state index contributed by atoms with van der Waals surface area (Å²) in [6.45, 7) is 0.774. The fourth-order valence-electron chi connectivity index (χ4n) is 6.16.